The van der Waals surface area contributed by atoms with Crippen molar-refractivity contribution in [3.05, 3.63) is 0 Å². The van der Waals surface area contributed by atoms with E-state index in [1.54, 1.807) is 6.21 Å². The van der Waals surface area contributed by atoms with Gasteiger partial charge in [-0.05, 0) is 0 Å². The molecule has 0 bridgehead atoms. The molecule has 1 heterocycles. The monoisotopic (exact) mass is 128 g/mol. The summed E-state index contributed by atoms with van der Waals surface area (Å²) in [7, 11) is 1.46. The summed E-state index contributed by atoms with van der Waals surface area (Å²) < 4.78 is 0. The third kappa shape index (κ3) is 1.26. The fourth-order valence-corrected chi connectivity index (χ4v) is 0.647. The van der Waals surface area contributed by atoms with Crippen LogP contribution in [0, 0.1) is 0 Å². The van der Waals surface area contributed by atoms with Crippen LogP contribution in [0.2, 0.25) is 0 Å². The number of carbonyl (C=O) groups is 1. The van der Waals surface area contributed by atoms with Gasteiger partial charge in [0.2, 0.25) is 0 Å². The van der Waals surface area contributed by atoms with Gasteiger partial charge in [-0.15, -0.1) is 0 Å². The molecule has 0 saturated heterocycles. The molecule has 4 nitrogen and oxygen atoms in total. The predicted octanol–water partition coefficient (Wildman–Crippen LogP) is 0.444. The number of carbonyl (C=O) groups excluding carboxylic acids is 1. The molecule has 2 amide bonds. The Hall–Kier alpha value is -0.900. The highest BCUT2D eigenvalue weighted by molar-refractivity contribution is 5.85. The highest BCUT2D eigenvalue weighted by Crippen LogP contribution is 1.99. The summed E-state index contributed by atoms with van der Waals surface area (Å²) in [6, 6.07) is -0.316. The zero-order chi connectivity index (χ0) is 6.69. The SMILES string of the molecule is CON1CCC=NC1=O. The van der Waals surface area contributed by atoms with Gasteiger partial charge >= 0.3 is 6.03 Å². The van der Waals surface area contributed by atoms with E-state index in [9.17, 15) is 4.79 Å². The predicted molar refractivity (Wildman–Crippen MR) is 32.2 cm³/mol. The van der Waals surface area contributed by atoms with Crippen LogP contribution in [-0.2, 0) is 4.84 Å². The van der Waals surface area contributed by atoms with Gasteiger partial charge in [0.15, 0.2) is 0 Å². The Morgan fingerprint density at radius 2 is 2.67 bits per heavy atom. The van der Waals surface area contributed by atoms with Crippen LogP contribution < -0.4 is 0 Å². The Kier molecular flexibility index (Phi) is 1.79. The summed E-state index contributed by atoms with van der Waals surface area (Å²) in [6.07, 6.45) is 2.37. The van der Waals surface area contributed by atoms with Crippen molar-refractivity contribution in [1.29, 1.82) is 0 Å². The molecule has 0 unspecified atom stereocenters. The Labute approximate surface area is 53.1 Å². The van der Waals surface area contributed by atoms with E-state index in [1.165, 1.54) is 12.2 Å². The number of amides is 2. The quantitative estimate of drug-likeness (QED) is 0.514. The number of hydroxylamine groups is 2. The molecule has 4 heteroatoms. The average molecular weight is 128 g/mol. The molecule has 0 aliphatic carbocycles. The minimum absolute atomic E-state index is 0.316. The smallest absolute Gasteiger partial charge is 0.273 e. The molecule has 0 aromatic carbocycles. The molecule has 1 aliphatic rings. The molecule has 0 saturated carbocycles. The van der Waals surface area contributed by atoms with E-state index in [2.05, 4.69) is 9.83 Å². The Balaban J connectivity index is 2.55. The molecule has 1 aliphatic heterocycles. The van der Waals surface area contributed by atoms with Crippen LogP contribution in [0.25, 0.3) is 0 Å². The molecule has 0 radical (unpaired) electrons. The second-order valence-electron chi connectivity index (χ2n) is 1.67. The third-order valence-electron chi connectivity index (χ3n) is 1.10. The molecule has 0 atom stereocenters. The normalized spacial score (nSPS) is 18.8. The van der Waals surface area contributed by atoms with Crippen LogP contribution >= 0.6 is 0 Å². The molecule has 1 rings (SSSR count). The van der Waals surface area contributed by atoms with Gasteiger partial charge < -0.3 is 0 Å². The lowest BCUT2D eigenvalue weighted by molar-refractivity contribution is -0.0825. The summed E-state index contributed by atoms with van der Waals surface area (Å²) in [5.74, 6) is 0. The molecule has 0 aromatic rings. The van der Waals surface area contributed by atoms with Gasteiger partial charge in [-0.1, -0.05) is 0 Å². The molecule has 0 aromatic heterocycles. The number of nitrogens with zero attached hydrogens (tertiary/aromatic N) is 2. The Morgan fingerprint density at radius 1 is 1.89 bits per heavy atom. The summed E-state index contributed by atoms with van der Waals surface area (Å²) in [6.45, 7) is 0.610. The topological polar surface area (TPSA) is 41.9 Å². The number of hydrogen-bond donors (Lipinski definition) is 0. The fourth-order valence-electron chi connectivity index (χ4n) is 0.647. The molecule has 50 valence electrons. The molecular weight excluding hydrogens is 120 g/mol. The first-order valence-electron chi connectivity index (χ1n) is 2.72. The second-order valence-corrected chi connectivity index (χ2v) is 1.67. The third-order valence-corrected chi connectivity index (χ3v) is 1.10. The lowest BCUT2D eigenvalue weighted by atomic mass is 10.4. The van der Waals surface area contributed by atoms with E-state index in [1.807, 2.05) is 0 Å². The Morgan fingerprint density at radius 3 is 3.11 bits per heavy atom. The zero-order valence-electron chi connectivity index (χ0n) is 5.20. The molecule has 0 fully saturated rings. The lowest BCUT2D eigenvalue weighted by Gasteiger charge is -2.18. The number of hydrogen-bond acceptors (Lipinski definition) is 2. The van der Waals surface area contributed by atoms with Crippen LogP contribution in [-0.4, -0.2) is 31.0 Å². The zero-order valence-corrected chi connectivity index (χ0v) is 5.20. The minimum Gasteiger partial charge on any atom is -0.273 e. The molecule has 0 N–H and O–H groups in total. The largest absolute Gasteiger partial charge is 0.367 e. The van der Waals surface area contributed by atoms with Crippen molar-refractivity contribution < 1.29 is 9.63 Å². The fraction of sp³-hybridized carbons (Fsp3) is 0.600. The molecule has 0 spiro atoms. The summed E-state index contributed by atoms with van der Waals surface area (Å²) in [5.41, 5.74) is 0. The van der Waals surface area contributed by atoms with Crippen LogP contribution in [0.15, 0.2) is 4.99 Å². The van der Waals surface area contributed by atoms with Crippen molar-refractivity contribution >= 4 is 12.2 Å². The van der Waals surface area contributed by atoms with Crippen molar-refractivity contribution in [1.82, 2.24) is 5.06 Å². The second kappa shape index (κ2) is 2.59. The first-order chi connectivity index (χ1) is 4.34. The van der Waals surface area contributed by atoms with E-state index in [-0.39, 0.29) is 6.03 Å². The van der Waals surface area contributed by atoms with Gasteiger partial charge in [0.05, 0.1) is 13.7 Å². The van der Waals surface area contributed by atoms with Crippen LogP contribution in [0.1, 0.15) is 6.42 Å². The first kappa shape index (κ1) is 6.22. The van der Waals surface area contributed by atoms with Crippen molar-refractivity contribution in [3.8, 4) is 0 Å². The van der Waals surface area contributed by atoms with E-state index in [0.717, 1.165) is 6.42 Å². The highest BCUT2D eigenvalue weighted by atomic mass is 16.7. The summed E-state index contributed by atoms with van der Waals surface area (Å²) in [5, 5.41) is 1.22. The molecule has 9 heavy (non-hydrogen) atoms. The van der Waals surface area contributed by atoms with Crippen molar-refractivity contribution in [2.45, 2.75) is 6.42 Å². The number of rotatable bonds is 1. The van der Waals surface area contributed by atoms with Gasteiger partial charge in [-0.25, -0.2) is 14.9 Å². The maximum Gasteiger partial charge on any atom is 0.367 e. The van der Waals surface area contributed by atoms with Gasteiger partial charge in [-0.2, -0.15) is 0 Å². The van der Waals surface area contributed by atoms with E-state index < -0.39 is 0 Å². The average Bonchev–Trinajstić information content (AvgIpc) is 1.89. The first-order valence-corrected chi connectivity index (χ1v) is 2.72. The lowest BCUT2D eigenvalue weighted by Crippen LogP contribution is -2.31. The van der Waals surface area contributed by atoms with Crippen LogP contribution in [0.3, 0.4) is 0 Å². The van der Waals surface area contributed by atoms with Gasteiger partial charge in [0.25, 0.3) is 0 Å². The molecular formula is C5H8N2O2. The summed E-state index contributed by atoms with van der Waals surface area (Å²) in [4.78, 5) is 18.8. The van der Waals surface area contributed by atoms with E-state index in [4.69, 9.17) is 0 Å². The van der Waals surface area contributed by atoms with Gasteiger partial charge in [0.1, 0.15) is 0 Å². The van der Waals surface area contributed by atoms with Gasteiger partial charge in [0, 0.05) is 12.6 Å². The van der Waals surface area contributed by atoms with Crippen molar-refractivity contribution in [3.63, 3.8) is 0 Å². The maximum absolute atomic E-state index is 10.6. The van der Waals surface area contributed by atoms with Crippen molar-refractivity contribution in [2.24, 2.45) is 4.99 Å². The Bertz CT molecular complexity index is 144. The van der Waals surface area contributed by atoms with E-state index >= 15 is 0 Å². The highest BCUT2D eigenvalue weighted by Gasteiger charge is 2.13. The van der Waals surface area contributed by atoms with Crippen LogP contribution in [0.4, 0.5) is 4.79 Å². The van der Waals surface area contributed by atoms with E-state index in [0.29, 0.717) is 6.54 Å². The van der Waals surface area contributed by atoms with Gasteiger partial charge in [-0.3, -0.25) is 4.84 Å². The number of aliphatic imine (C=N–C) groups is 1. The maximum atomic E-state index is 10.6. The summed E-state index contributed by atoms with van der Waals surface area (Å²) >= 11 is 0. The number of urea groups is 1. The van der Waals surface area contributed by atoms with Crippen molar-refractivity contribution in [2.75, 3.05) is 13.7 Å². The minimum atomic E-state index is -0.316. The van der Waals surface area contributed by atoms with Crippen LogP contribution in [0.5, 0.6) is 0 Å². The standard InChI is InChI=1S/C5H8N2O2/c1-9-7-4-2-3-6-5(7)8/h3H,2,4H2,1H3.